The van der Waals surface area contributed by atoms with Crippen LogP contribution in [0, 0.1) is 5.82 Å². The molecular formula is C14H18FN5O. The number of nitrogens with two attached hydrogens (primary N) is 1. The van der Waals surface area contributed by atoms with E-state index in [9.17, 15) is 4.39 Å². The average Bonchev–Trinajstić information content (AvgIpc) is 2.47. The number of nitrogens with one attached hydrogen (secondary N) is 2. The van der Waals surface area contributed by atoms with Gasteiger partial charge in [0.05, 0.1) is 6.04 Å². The van der Waals surface area contributed by atoms with E-state index in [4.69, 9.17) is 10.6 Å². The van der Waals surface area contributed by atoms with E-state index < -0.39 is 0 Å². The predicted octanol–water partition coefficient (Wildman–Crippen LogP) is 2.22. The second-order valence-electron chi connectivity index (χ2n) is 4.52. The number of benzene rings is 1. The molecule has 2 aromatic rings. The Morgan fingerprint density at radius 3 is 2.67 bits per heavy atom. The summed E-state index contributed by atoms with van der Waals surface area (Å²) in [6.45, 7) is 2.12. The van der Waals surface area contributed by atoms with E-state index in [2.05, 4.69) is 20.7 Å². The molecule has 0 fully saturated rings. The maximum absolute atomic E-state index is 13.8. The molecule has 21 heavy (non-hydrogen) atoms. The average molecular weight is 291 g/mol. The third-order valence-corrected chi connectivity index (χ3v) is 2.93. The van der Waals surface area contributed by atoms with Gasteiger partial charge in [-0.3, -0.25) is 0 Å². The monoisotopic (exact) mass is 291 g/mol. The van der Waals surface area contributed by atoms with Crippen molar-refractivity contribution in [3.8, 4) is 0 Å². The van der Waals surface area contributed by atoms with Gasteiger partial charge in [-0.1, -0.05) is 18.2 Å². The Hall–Kier alpha value is -2.25. The van der Waals surface area contributed by atoms with Crippen LogP contribution in [-0.2, 0) is 11.3 Å². The lowest BCUT2D eigenvalue weighted by atomic mass is 10.1. The highest BCUT2D eigenvalue weighted by Gasteiger charge is 2.12. The number of methoxy groups -OCH3 is 1. The van der Waals surface area contributed by atoms with Gasteiger partial charge in [0.15, 0.2) is 5.82 Å². The van der Waals surface area contributed by atoms with E-state index in [1.165, 1.54) is 6.07 Å². The van der Waals surface area contributed by atoms with E-state index in [0.717, 1.165) is 0 Å². The molecule has 1 unspecified atom stereocenters. The van der Waals surface area contributed by atoms with Gasteiger partial charge in [-0.05, 0) is 13.0 Å². The number of nitrogen functional groups attached to an aromatic ring is 1. The molecular weight excluding hydrogens is 273 g/mol. The molecule has 112 valence electrons. The molecule has 1 atom stereocenters. The van der Waals surface area contributed by atoms with Crippen LogP contribution in [-0.4, -0.2) is 17.1 Å². The highest BCUT2D eigenvalue weighted by molar-refractivity contribution is 5.48. The zero-order chi connectivity index (χ0) is 15.2. The molecule has 0 radical (unpaired) electrons. The van der Waals surface area contributed by atoms with Crippen LogP contribution in [0.15, 0.2) is 30.3 Å². The number of ether oxygens (including phenoxy) is 1. The Labute approximate surface area is 122 Å². The summed E-state index contributed by atoms with van der Waals surface area (Å²) in [5.41, 5.74) is 3.03. The summed E-state index contributed by atoms with van der Waals surface area (Å²) in [6, 6.07) is 8.00. The van der Waals surface area contributed by atoms with Crippen molar-refractivity contribution >= 4 is 11.6 Å². The Morgan fingerprint density at radius 1 is 1.29 bits per heavy atom. The van der Waals surface area contributed by atoms with E-state index in [0.29, 0.717) is 23.0 Å². The van der Waals surface area contributed by atoms with Gasteiger partial charge in [0.1, 0.15) is 24.1 Å². The SMILES string of the molecule is COCc1nc(NN)cc(NC(C)c2ccccc2F)n1. The largest absolute Gasteiger partial charge is 0.377 e. The topological polar surface area (TPSA) is 85.1 Å². The fourth-order valence-corrected chi connectivity index (χ4v) is 1.96. The molecule has 0 bridgehead atoms. The Morgan fingerprint density at radius 2 is 2.00 bits per heavy atom. The third-order valence-electron chi connectivity index (χ3n) is 2.93. The highest BCUT2D eigenvalue weighted by Crippen LogP contribution is 2.21. The van der Waals surface area contributed by atoms with Crippen LogP contribution in [0.2, 0.25) is 0 Å². The molecule has 1 aromatic carbocycles. The maximum Gasteiger partial charge on any atom is 0.158 e. The highest BCUT2D eigenvalue weighted by atomic mass is 19.1. The zero-order valence-corrected chi connectivity index (χ0v) is 11.9. The lowest BCUT2D eigenvalue weighted by Gasteiger charge is -2.16. The van der Waals surface area contributed by atoms with Crippen molar-refractivity contribution in [3.63, 3.8) is 0 Å². The number of aromatic nitrogens is 2. The quantitative estimate of drug-likeness (QED) is 0.559. The van der Waals surface area contributed by atoms with Crippen LogP contribution in [0.4, 0.5) is 16.0 Å². The summed E-state index contributed by atoms with van der Waals surface area (Å²) in [5.74, 6) is 6.60. The van der Waals surface area contributed by atoms with E-state index in [1.807, 2.05) is 6.92 Å². The summed E-state index contributed by atoms with van der Waals surface area (Å²) in [4.78, 5) is 8.45. The van der Waals surface area contributed by atoms with E-state index in [-0.39, 0.29) is 18.5 Å². The number of hydrogen-bond donors (Lipinski definition) is 3. The van der Waals surface area contributed by atoms with Crippen LogP contribution < -0.4 is 16.6 Å². The second kappa shape index (κ2) is 6.96. The zero-order valence-electron chi connectivity index (χ0n) is 11.9. The fourth-order valence-electron chi connectivity index (χ4n) is 1.96. The second-order valence-corrected chi connectivity index (χ2v) is 4.52. The van der Waals surface area contributed by atoms with Crippen molar-refractivity contribution in [3.05, 3.63) is 47.5 Å². The van der Waals surface area contributed by atoms with Gasteiger partial charge >= 0.3 is 0 Å². The van der Waals surface area contributed by atoms with Gasteiger partial charge in [0, 0.05) is 18.7 Å². The van der Waals surface area contributed by atoms with Crippen LogP contribution in [0.1, 0.15) is 24.4 Å². The molecule has 0 spiro atoms. The maximum atomic E-state index is 13.8. The van der Waals surface area contributed by atoms with Gasteiger partial charge in [-0.25, -0.2) is 20.2 Å². The smallest absolute Gasteiger partial charge is 0.158 e. The normalized spacial score (nSPS) is 12.0. The minimum Gasteiger partial charge on any atom is -0.377 e. The summed E-state index contributed by atoms with van der Waals surface area (Å²) >= 11 is 0. The van der Waals surface area contributed by atoms with Gasteiger partial charge in [-0.2, -0.15) is 0 Å². The minimum absolute atomic E-state index is 0.248. The van der Waals surface area contributed by atoms with E-state index >= 15 is 0 Å². The van der Waals surface area contributed by atoms with Gasteiger partial charge in [-0.15, -0.1) is 0 Å². The van der Waals surface area contributed by atoms with Crippen molar-refractivity contribution in [2.24, 2.45) is 5.84 Å². The molecule has 0 aliphatic heterocycles. The van der Waals surface area contributed by atoms with Crippen LogP contribution >= 0.6 is 0 Å². The summed E-state index contributed by atoms with van der Waals surface area (Å²) in [7, 11) is 1.56. The number of halogens is 1. The predicted molar refractivity (Wildman–Crippen MR) is 79.0 cm³/mol. The van der Waals surface area contributed by atoms with E-state index in [1.54, 1.807) is 31.4 Å². The molecule has 0 aliphatic rings. The van der Waals surface area contributed by atoms with Crippen molar-refractivity contribution in [2.75, 3.05) is 17.9 Å². The first-order valence-electron chi connectivity index (χ1n) is 6.48. The number of anilines is 2. The van der Waals surface area contributed by atoms with Crippen molar-refractivity contribution in [2.45, 2.75) is 19.6 Å². The standard InChI is InChI=1S/C14H18FN5O/c1-9(10-5-3-4-6-11(10)15)17-12-7-13(20-16)19-14(18-12)8-21-2/h3-7,9H,8,16H2,1-2H3,(H2,17,18,19,20). The molecule has 2 rings (SSSR count). The van der Waals surface area contributed by atoms with Crippen molar-refractivity contribution in [1.29, 1.82) is 0 Å². The first-order valence-corrected chi connectivity index (χ1v) is 6.48. The van der Waals surface area contributed by atoms with Crippen molar-refractivity contribution < 1.29 is 9.13 Å². The van der Waals surface area contributed by atoms with Gasteiger partial charge in [0.25, 0.3) is 0 Å². The van der Waals surface area contributed by atoms with Crippen LogP contribution in [0.25, 0.3) is 0 Å². The molecule has 4 N–H and O–H groups in total. The molecule has 1 aromatic heterocycles. The summed E-state index contributed by atoms with van der Waals surface area (Å²) in [6.07, 6.45) is 0. The van der Waals surface area contributed by atoms with Crippen LogP contribution in [0.5, 0.6) is 0 Å². The van der Waals surface area contributed by atoms with Crippen LogP contribution in [0.3, 0.4) is 0 Å². The Bertz CT molecular complexity index is 608. The van der Waals surface area contributed by atoms with Gasteiger partial charge in [0.2, 0.25) is 0 Å². The van der Waals surface area contributed by atoms with Crippen molar-refractivity contribution in [1.82, 2.24) is 9.97 Å². The number of hydrogen-bond acceptors (Lipinski definition) is 6. The fraction of sp³-hybridized carbons (Fsp3) is 0.286. The molecule has 0 aliphatic carbocycles. The van der Waals surface area contributed by atoms with Gasteiger partial charge < -0.3 is 15.5 Å². The molecule has 0 amide bonds. The molecule has 7 heteroatoms. The summed E-state index contributed by atoms with van der Waals surface area (Å²) in [5, 5.41) is 3.13. The number of hydrazine groups is 1. The number of rotatable bonds is 6. The lowest BCUT2D eigenvalue weighted by Crippen LogP contribution is -2.14. The lowest BCUT2D eigenvalue weighted by molar-refractivity contribution is 0.178. The minimum atomic E-state index is -0.263. The third kappa shape index (κ3) is 3.87. The molecule has 0 saturated carbocycles. The summed E-state index contributed by atoms with van der Waals surface area (Å²) < 4.78 is 18.8. The first-order chi connectivity index (χ1) is 10.1. The molecule has 1 heterocycles. The Kier molecular flexibility index (Phi) is 5.02. The molecule has 6 nitrogen and oxygen atoms in total. The first kappa shape index (κ1) is 15.1. The molecule has 0 saturated heterocycles. The number of nitrogens with zero attached hydrogens (tertiary/aromatic N) is 2. The Balaban J connectivity index is 2.22.